The zero-order valence-electron chi connectivity index (χ0n) is 17.3. The van der Waals surface area contributed by atoms with Crippen molar-refractivity contribution in [1.82, 2.24) is 20.4 Å². The van der Waals surface area contributed by atoms with Crippen LogP contribution >= 0.6 is 11.3 Å². The van der Waals surface area contributed by atoms with Crippen molar-refractivity contribution in [3.8, 4) is 0 Å². The number of amides is 3. The van der Waals surface area contributed by atoms with Crippen LogP contribution in [-0.2, 0) is 4.79 Å². The summed E-state index contributed by atoms with van der Waals surface area (Å²) in [6, 6.07) is 9.02. The van der Waals surface area contributed by atoms with Crippen LogP contribution in [0.2, 0.25) is 0 Å². The molecule has 1 atom stereocenters. The Bertz CT molecular complexity index is 884. The zero-order valence-corrected chi connectivity index (χ0v) is 18.1. The molecule has 30 heavy (non-hydrogen) atoms. The third kappa shape index (κ3) is 5.85. The number of piperidine rings is 1. The van der Waals surface area contributed by atoms with E-state index in [2.05, 4.69) is 34.7 Å². The molecule has 0 bridgehead atoms. The van der Waals surface area contributed by atoms with Crippen molar-refractivity contribution in [3.05, 3.63) is 40.3 Å². The van der Waals surface area contributed by atoms with Gasteiger partial charge in [-0.15, -0.1) is 10.2 Å². The highest BCUT2D eigenvalue weighted by atomic mass is 32.1. The molecule has 1 aromatic heterocycles. The molecule has 1 aliphatic heterocycles. The minimum atomic E-state index is -0.404. The van der Waals surface area contributed by atoms with Gasteiger partial charge in [-0.05, 0) is 37.3 Å². The van der Waals surface area contributed by atoms with Crippen LogP contribution in [0.3, 0.4) is 0 Å². The first kappa shape index (κ1) is 21.9. The van der Waals surface area contributed by atoms with E-state index in [0.29, 0.717) is 31.2 Å². The maximum atomic E-state index is 12.8. The SMILES string of the molecule is CC(C)CCNC(=O)C1CCCN(C(=O)c2nnc(C(=O)Nc3ccccc3)s2)C1. The van der Waals surface area contributed by atoms with E-state index < -0.39 is 5.91 Å². The summed E-state index contributed by atoms with van der Waals surface area (Å²) >= 11 is 0.963. The van der Waals surface area contributed by atoms with E-state index in [4.69, 9.17) is 0 Å². The minimum absolute atomic E-state index is 0.00617. The van der Waals surface area contributed by atoms with Crippen molar-refractivity contribution in [1.29, 1.82) is 0 Å². The Morgan fingerprint density at radius 1 is 1.17 bits per heavy atom. The number of carbonyl (C=O) groups excluding carboxylic acids is 3. The van der Waals surface area contributed by atoms with Crippen molar-refractivity contribution in [2.75, 3.05) is 25.0 Å². The largest absolute Gasteiger partial charge is 0.356 e. The Labute approximate surface area is 180 Å². The molecule has 3 rings (SSSR count). The number of para-hydroxylation sites is 1. The maximum absolute atomic E-state index is 12.8. The molecular weight excluding hydrogens is 402 g/mol. The molecule has 160 valence electrons. The van der Waals surface area contributed by atoms with Crippen LogP contribution in [0.15, 0.2) is 30.3 Å². The molecule has 0 saturated carbocycles. The molecule has 2 heterocycles. The first-order valence-electron chi connectivity index (χ1n) is 10.2. The summed E-state index contributed by atoms with van der Waals surface area (Å²) in [6.07, 6.45) is 2.45. The van der Waals surface area contributed by atoms with Crippen molar-refractivity contribution in [3.63, 3.8) is 0 Å². The summed E-state index contributed by atoms with van der Waals surface area (Å²) < 4.78 is 0. The number of rotatable bonds is 7. The van der Waals surface area contributed by atoms with Crippen LogP contribution < -0.4 is 10.6 Å². The van der Waals surface area contributed by atoms with E-state index in [0.717, 1.165) is 30.6 Å². The lowest BCUT2D eigenvalue weighted by Crippen LogP contribution is -2.45. The van der Waals surface area contributed by atoms with Crippen LogP contribution in [0.5, 0.6) is 0 Å². The van der Waals surface area contributed by atoms with Gasteiger partial charge in [0.25, 0.3) is 11.8 Å². The number of carbonyl (C=O) groups is 3. The van der Waals surface area contributed by atoms with Gasteiger partial charge in [0.15, 0.2) is 0 Å². The molecule has 1 aliphatic rings. The van der Waals surface area contributed by atoms with Gasteiger partial charge in [0, 0.05) is 25.3 Å². The highest BCUT2D eigenvalue weighted by molar-refractivity contribution is 7.15. The molecule has 1 aromatic carbocycles. The minimum Gasteiger partial charge on any atom is -0.356 e. The first-order chi connectivity index (χ1) is 14.4. The molecule has 0 radical (unpaired) electrons. The zero-order chi connectivity index (χ0) is 21.5. The Kier molecular flexibility index (Phi) is 7.51. The number of anilines is 1. The molecule has 9 heteroatoms. The van der Waals surface area contributed by atoms with E-state index in [9.17, 15) is 14.4 Å². The Morgan fingerprint density at radius 2 is 1.90 bits per heavy atom. The second kappa shape index (κ2) is 10.3. The fourth-order valence-electron chi connectivity index (χ4n) is 3.25. The normalized spacial score (nSPS) is 16.4. The molecule has 2 aromatic rings. The predicted octanol–water partition coefficient (Wildman–Crippen LogP) is 2.80. The number of aromatic nitrogens is 2. The van der Waals surface area contributed by atoms with Crippen LogP contribution in [0, 0.1) is 11.8 Å². The number of likely N-dealkylation sites (tertiary alicyclic amines) is 1. The molecule has 1 saturated heterocycles. The van der Waals surface area contributed by atoms with Crippen LogP contribution in [0.1, 0.15) is 52.7 Å². The van der Waals surface area contributed by atoms with Gasteiger partial charge in [0.1, 0.15) is 0 Å². The molecule has 2 N–H and O–H groups in total. The number of hydrogen-bond acceptors (Lipinski definition) is 6. The third-order valence-electron chi connectivity index (χ3n) is 4.93. The Hall–Kier alpha value is -2.81. The molecule has 3 amide bonds. The van der Waals surface area contributed by atoms with Gasteiger partial charge in [-0.25, -0.2) is 0 Å². The Morgan fingerprint density at radius 3 is 2.63 bits per heavy atom. The van der Waals surface area contributed by atoms with E-state index in [1.165, 1.54) is 0 Å². The van der Waals surface area contributed by atoms with Gasteiger partial charge in [0.2, 0.25) is 15.9 Å². The van der Waals surface area contributed by atoms with Gasteiger partial charge in [-0.3, -0.25) is 14.4 Å². The summed E-state index contributed by atoms with van der Waals surface area (Å²) in [5.74, 6) is -0.387. The standard InChI is InChI=1S/C21H27N5O3S/c1-14(2)10-11-22-17(27)15-7-6-12-26(13-15)21(29)20-25-24-19(30-20)18(28)23-16-8-4-3-5-9-16/h3-5,8-9,14-15H,6-7,10-13H2,1-2H3,(H,22,27)(H,23,28). The molecule has 0 spiro atoms. The van der Waals surface area contributed by atoms with Gasteiger partial charge < -0.3 is 15.5 Å². The van der Waals surface area contributed by atoms with Gasteiger partial charge in [-0.2, -0.15) is 0 Å². The number of nitrogens with zero attached hydrogens (tertiary/aromatic N) is 3. The van der Waals surface area contributed by atoms with Crippen LogP contribution in [0.4, 0.5) is 5.69 Å². The lowest BCUT2D eigenvalue weighted by Gasteiger charge is -2.31. The summed E-state index contributed by atoms with van der Waals surface area (Å²) in [6.45, 7) is 5.81. The highest BCUT2D eigenvalue weighted by Crippen LogP contribution is 2.21. The van der Waals surface area contributed by atoms with Crippen molar-refractivity contribution < 1.29 is 14.4 Å². The molecular formula is C21H27N5O3S. The highest BCUT2D eigenvalue weighted by Gasteiger charge is 2.30. The number of benzene rings is 1. The summed E-state index contributed by atoms with van der Waals surface area (Å²) in [4.78, 5) is 39.2. The van der Waals surface area contributed by atoms with Crippen LogP contribution in [0.25, 0.3) is 0 Å². The lowest BCUT2D eigenvalue weighted by molar-refractivity contribution is -0.126. The smallest absolute Gasteiger partial charge is 0.286 e. The van der Waals surface area contributed by atoms with Crippen molar-refractivity contribution >= 4 is 34.7 Å². The van der Waals surface area contributed by atoms with E-state index in [1.54, 1.807) is 17.0 Å². The molecule has 1 unspecified atom stereocenters. The molecule has 8 nitrogen and oxygen atoms in total. The topological polar surface area (TPSA) is 104 Å². The van der Waals surface area contributed by atoms with Gasteiger partial charge >= 0.3 is 0 Å². The summed E-state index contributed by atoms with van der Waals surface area (Å²) in [5, 5.41) is 13.8. The fourth-order valence-corrected chi connectivity index (χ4v) is 3.95. The van der Waals surface area contributed by atoms with E-state index in [1.807, 2.05) is 18.2 Å². The second-order valence-electron chi connectivity index (χ2n) is 7.80. The second-order valence-corrected chi connectivity index (χ2v) is 8.77. The number of hydrogen-bond donors (Lipinski definition) is 2. The Balaban J connectivity index is 1.57. The maximum Gasteiger partial charge on any atom is 0.286 e. The monoisotopic (exact) mass is 429 g/mol. The first-order valence-corrected chi connectivity index (χ1v) is 11.0. The average Bonchev–Trinajstić information content (AvgIpc) is 3.24. The predicted molar refractivity (Wildman–Crippen MR) is 115 cm³/mol. The average molecular weight is 430 g/mol. The molecule has 0 aliphatic carbocycles. The van der Waals surface area contributed by atoms with E-state index in [-0.39, 0.29) is 27.7 Å². The van der Waals surface area contributed by atoms with E-state index >= 15 is 0 Å². The fraction of sp³-hybridized carbons (Fsp3) is 0.476. The van der Waals surface area contributed by atoms with Crippen molar-refractivity contribution in [2.45, 2.75) is 33.1 Å². The molecule has 1 fully saturated rings. The number of nitrogens with one attached hydrogen (secondary N) is 2. The van der Waals surface area contributed by atoms with Crippen LogP contribution in [-0.4, -0.2) is 52.5 Å². The van der Waals surface area contributed by atoms with Gasteiger partial charge in [-0.1, -0.05) is 43.4 Å². The third-order valence-corrected chi connectivity index (χ3v) is 5.84. The van der Waals surface area contributed by atoms with Crippen molar-refractivity contribution in [2.24, 2.45) is 11.8 Å². The van der Waals surface area contributed by atoms with Gasteiger partial charge in [0.05, 0.1) is 5.92 Å². The summed E-state index contributed by atoms with van der Waals surface area (Å²) in [7, 11) is 0. The summed E-state index contributed by atoms with van der Waals surface area (Å²) in [5.41, 5.74) is 0.646. The quantitative estimate of drug-likeness (QED) is 0.704. The lowest BCUT2D eigenvalue weighted by atomic mass is 9.97.